The van der Waals surface area contributed by atoms with Crippen LogP contribution in [-0.2, 0) is 16.8 Å². The van der Waals surface area contributed by atoms with E-state index in [1.165, 1.54) is 0 Å². The summed E-state index contributed by atoms with van der Waals surface area (Å²) in [7, 11) is 0. The van der Waals surface area contributed by atoms with Crippen LogP contribution in [0.25, 0.3) is 0 Å². The molecule has 0 aliphatic heterocycles. The van der Waals surface area contributed by atoms with Crippen LogP contribution >= 0.6 is 0 Å². The average Bonchev–Trinajstić information content (AvgIpc) is 1.25. The minimum atomic E-state index is -1.75. The van der Waals surface area contributed by atoms with Crippen molar-refractivity contribution in [2.75, 3.05) is 0 Å². The molecule has 8 nitrogen and oxygen atoms in total. The fourth-order valence-electron chi connectivity index (χ4n) is 0. The molecule has 1 radical (unpaired) electrons. The zero-order chi connectivity index (χ0) is 7.15. The zero-order valence-corrected chi connectivity index (χ0v) is 4.76. The number of hydrogen-bond donors (Lipinski definition) is 1. The molecular weight excluding hydrogens is 183 g/mol. The van der Waals surface area contributed by atoms with Crippen LogP contribution in [-0.4, -0.2) is 15.4 Å². The normalized spacial score (nSPS) is 5.33. The van der Waals surface area contributed by atoms with Gasteiger partial charge in [-0.25, -0.2) is 0 Å². The average molecular weight is 184 g/mol. The quantitative estimate of drug-likeness (QED) is 0.395. The van der Waals surface area contributed by atoms with Crippen molar-refractivity contribution in [3.63, 3.8) is 0 Å². The van der Waals surface area contributed by atoms with Crippen molar-refractivity contribution in [2.24, 2.45) is 0 Å². The van der Waals surface area contributed by atoms with Crippen molar-refractivity contribution in [1.82, 2.24) is 0 Å². The largest absolute Gasteiger partial charge is 0.356 e. The van der Waals surface area contributed by atoms with E-state index >= 15 is 0 Å². The molecule has 0 rings (SSSR count). The molecule has 0 fully saturated rings. The van der Waals surface area contributed by atoms with Gasteiger partial charge in [0, 0.05) is 16.8 Å². The smallest absolute Gasteiger partial charge is 0.291 e. The molecule has 0 heterocycles. The third-order valence-corrected chi connectivity index (χ3v) is 0. The minimum absolute atomic E-state index is 0. The summed E-state index contributed by atoms with van der Waals surface area (Å²) in [5, 5.41) is 28.4. The molecule has 57 valence electrons. The summed E-state index contributed by atoms with van der Waals surface area (Å²) in [6.45, 7) is 0. The molecule has 1 N–H and O–H groups in total. The number of nitrogens with zero attached hydrogens (tertiary/aromatic N) is 2. The molecule has 0 unspecified atom stereocenters. The van der Waals surface area contributed by atoms with Gasteiger partial charge in [0.2, 0.25) is 0 Å². The van der Waals surface area contributed by atoms with Crippen LogP contribution in [0.5, 0.6) is 0 Å². The van der Waals surface area contributed by atoms with Gasteiger partial charge in [-0.3, -0.25) is 0 Å². The Bertz CT molecular complexity index is 69.1. The maximum atomic E-state index is 8.36. The van der Waals surface area contributed by atoms with Crippen LogP contribution < -0.4 is 0 Å². The van der Waals surface area contributed by atoms with E-state index in [1.54, 1.807) is 0 Å². The summed E-state index contributed by atoms with van der Waals surface area (Å²) in [5.41, 5.74) is 0. The third kappa shape index (κ3) is 139. The Morgan fingerprint density at radius 3 is 1.11 bits per heavy atom. The van der Waals surface area contributed by atoms with Gasteiger partial charge in [0.1, 0.15) is 0 Å². The fourth-order valence-corrected chi connectivity index (χ4v) is 0. The first kappa shape index (κ1) is 15.7. The van der Waals surface area contributed by atoms with E-state index < -0.39 is 10.2 Å². The van der Waals surface area contributed by atoms with Gasteiger partial charge in [-0.05, 0) is 0 Å². The molecule has 0 aromatic heterocycles. The zero-order valence-electron chi connectivity index (χ0n) is 3.72. The summed E-state index contributed by atoms with van der Waals surface area (Å²) >= 11 is 0. The molecule has 0 aromatic carbocycles. The molecule has 0 atom stereocenters. The first-order valence-corrected chi connectivity index (χ1v) is 1.11. The van der Waals surface area contributed by atoms with Gasteiger partial charge < -0.3 is 20.5 Å². The van der Waals surface area contributed by atoms with Crippen LogP contribution in [0.15, 0.2) is 0 Å². The Hall–Kier alpha value is -1.09. The Kier molecular flexibility index (Phi) is 17.4. The van der Waals surface area contributed by atoms with Gasteiger partial charge in [0.05, 0.1) is 5.09 Å². The van der Waals surface area contributed by atoms with E-state index in [0.29, 0.717) is 0 Å². The van der Waals surface area contributed by atoms with Crippen LogP contribution in [0.2, 0.25) is 0 Å². The predicted octanol–water partition coefficient (Wildman–Crippen LogP) is -0.589. The van der Waals surface area contributed by atoms with Gasteiger partial charge in [-0.1, -0.05) is 0 Å². The van der Waals surface area contributed by atoms with Crippen molar-refractivity contribution in [1.29, 1.82) is 0 Å². The monoisotopic (exact) mass is 184 g/mol. The molecule has 9 heavy (non-hydrogen) atoms. The van der Waals surface area contributed by atoms with Crippen molar-refractivity contribution in [3.05, 3.63) is 25.4 Å². The topological polar surface area (TPSA) is 130 Å². The second-order valence-electron chi connectivity index (χ2n) is 0.461. The van der Waals surface area contributed by atoms with Gasteiger partial charge in [-0.15, -0.1) is 10.1 Å². The van der Waals surface area contributed by atoms with Crippen molar-refractivity contribution in [2.45, 2.75) is 0 Å². The Morgan fingerprint density at radius 1 is 1.11 bits per heavy atom. The van der Waals surface area contributed by atoms with Crippen molar-refractivity contribution >= 4 is 0 Å². The summed E-state index contributed by atoms with van der Waals surface area (Å²) in [5.74, 6) is 0. The van der Waals surface area contributed by atoms with Crippen LogP contribution in [0.4, 0.5) is 0 Å². The molecule has 9 heteroatoms. The molecule has 0 spiro atoms. The van der Waals surface area contributed by atoms with Gasteiger partial charge in [-0.2, -0.15) is 0 Å². The Balaban J connectivity index is -0.0000000720. The standard InChI is InChI=1S/Co.HNO3.NO3/c;2*2-1(3)4/h;(H,2,3,4);/q;;-1. The van der Waals surface area contributed by atoms with Crippen LogP contribution in [0.3, 0.4) is 0 Å². The second kappa shape index (κ2) is 10.0. The molecule has 0 bridgehead atoms. The van der Waals surface area contributed by atoms with Crippen LogP contribution in [0.1, 0.15) is 0 Å². The molecule has 0 aliphatic carbocycles. The molecule has 0 aromatic rings. The summed E-state index contributed by atoms with van der Waals surface area (Å²) < 4.78 is 0. The molecule has 0 amide bonds. The summed E-state index contributed by atoms with van der Waals surface area (Å²) in [4.78, 5) is 16.6. The van der Waals surface area contributed by atoms with Gasteiger partial charge >= 0.3 is 0 Å². The maximum absolute atomic E-state index is 8.36. The van der Waals surface area contributed by atoms with Crippen molar-refractivity contribution < 1.29 is 32.2 Å². The summed E-state index contributed by atoms with van der Waals surface area (Å²) in [6, 6.07) is 0. The first-order valence-electron chi connectivity index (χ1n) is 1.11. The molecule has 0 saturated carbocycles. The molecule has 0 aliphatic rings. The Morgan fingerprint density at radius 2 is 1.11 bits per heavy atom. The molecular formula is HCoN2O6-. The predicted molar refractivity (Wildman–Crippen MR) is 19.1 cm³/mol. The van der Waals surface area contributed by atoms with E-state index in [4.69, 9.17) is 30.6 Å². The van der Waals surface area contributed by atoms with Crippen LogP contribution in [0, 0.1) is 25.4 Å². The second-order valence-corrected chi connectivity index (χ2v) is 0.461. The van der Waals surface area contributed by atoms with E-state index in [9.17, 15) is 0 Å². The SMILES string of the molecule is O=[N+]([O-])O.O=[N+]([O-])[O-].[Co]. The molecule has 0 saturated heterocycles. The first-order chi connectivity index (χ1) is 3.46. The van der Waals surface area contributed by atoms with Crippen molar-refractivity contribution in [3.8, 4) is 0 Å². The maximum Gasteiger partial charge on any atom is 0.291 e. The van der Waals surface area contributed by atoms with Gasteiger partial charge in [0.15, 0.2) is 0 Å². The summed E-state index contributed by atoms with van der Waals surface area (Å²) in [6.07, 6.45) is 0. The van der Waals surface area contributed by atoms with E-state index in [0.717, 1.165) is 0 Å². The van der Waals surface area contributed by atoms with E-state index in [1.807, 2.05) is 0 Å². The van der Waals surface area contributed by atoms with Gasteiger partial charge in [0.25, 0.3) is 5.09 Å². The minimum Gasteiger partial charge on any atom is -0.356 e. The number of rotatable bonds is 0. The van der Waals surface area contributed by atoms with E-state index in [2.05, 4.69) is 0 Å². The fraction of sp³-hybridized carbons (Fsp3) is 0. The third-order valence-electron chi connectivity index (χ3n) is 0. The Labute approximate surface area is 58.5 Å². The van der Waals surface area contributed by atoms with E-state index in [-0.39, 0.29) is 16.8 Å². The number of hydrogen-bond acceptors (Lipinski definition) is 5.